The molecule has 0 saturated carbocycles. The fourth-order valence-electron chi connectivity index (χ4n) is 2.02. The minimum Gasteiger partial charge on any atom is -0.398 e. The van der Waals surface area contributed by atoms with Crippen molar-refractivity contribution in [1.82, 2.24) is 19.5 Å². The number of hydrogen-bond acceptors (Lipinski definition) is 5. The van der Waals surface area contributed by atoms with E-state index in [0.29, 0.717) is 0 Å². The van der Waals surface area contributed by atoms with E-state index in [1.165, 1.54) is 0 Å². The lowest BCUT2D eigenvalue weighted by Crippen LogP contribution is -2.36. The standard InChI is InChI=1S/C11H15N5O/c12-9-1-2-10-13-14-11(16(10)7-9)8-15-3-5-17-6-4-15/h1-2,7H,3-6,8,12H2. The van der Waals surface area contributed by atoms with Crippen LogP contribution in [-0.4, -0.2) is 45.8 Å². The molecule has 2 aromatic rings. The second-order valence-electron chi connectivity index (χ2n) is 4.20. The quantitative estimate of drug-likeness (QED) is 0.799. The zero-order valence-electron chi connectivity index (χ0n) is 9.54. The van der Waals surface area contributed by atoms with E-state index in [1.54, 1.807) is 0 Å². The second kappa shape index (κ2) is 4.31. The van der Waals surface area contributed by atoms with Gasteiger partial charge in [-0.1, -0.05) is 0 Å². The number of rotatable bonds is 2. The Kier molecular flexibility index (Phi) is 2.66. The molecule has 0 atom stereocenters. The van der Waals surface area contributed by atoms with Crippen molar-refractivity contribution in [2.24, 2.45) is 0 Å². The maximum Gasteiger partial charge on any atom is 0.160 e. The molecule has 2 N–H and O–H groups in total. The van der Waals surface area contributed by atoms with Crippen LogP contribution < -0.4 is 5.73 Å². The molecule has 1 aliphatic rings. The molecule has 0 aromatic carbocycles. The maximum absolute atomic E-state index is 5.78. The summed E-state index contributed by atoms with van der Waals surface area (Å²) in [4.78, 5) is 2.31. The van der Waals surface area contributed by atoms with Crippen molar-refractivity contribution in [2.75, 3.05) is 32.0 Å². The molecule has 1 aliphatic heterocycles. The lowest BCUT2D eigenvalue weighted by molar-refractivity contribution is 0.0329. The average molecular weight is 233 g/mol. The number of hydrogen-bond donors (Lipinski definition) is 1. The highest BCUT2D eigenvalue weighted by Gasteiger charge is 2.14. The fraction of sp³-hybridized carbons (Fsp3) is 0.455. The first-order valence-corrected chi connectivity index (χ1v) is 5.72. The van der Waals surface area contributed by atoms with Gasteiger partial charge < -0.3 is 10.5 Å². The van der Waals surface area contributed by atoms with E-state index in [1.807, 2.05) is 22.7 Å². The second-order valence-corrected chi connectivity index (χ2v) is 4.20. The predicted octanol–water partition coefficient (Wildman–Crippen LogP) is 0.144. The Morgan fingerprint density at radius 3 is 2.88 bits per heavy atom. The minimum absolute atomic E-state index is 0.723. The Labute approximate surface area is 99.0 Å². The summed E-state index contributed by atoms with van der Waals surface area (Å²) in [5.74, 6) is 0.925. The topological polar surface area (TPSA) is 68.7 Å². The number of pyridine rings is 1. The van der Waals surface area contributed by atoms with Crippen molar-refractivity contribution in [3.8, 4) is 0 Å². The lowest BCUT2D eigenvalue weighted by Gasteiger charge is -2.25. The van der Waals surface area contributed by atoms with Gasteiger partial charge in [-0.2, -0.15) is 0 Å². The van der Waals surface area contributed by atoms with Crippen LogP contribution in [0.25, 0.3) is 5.65 Å². The van der Waals surface area contributed by atoms with Gasteiger partial charge in [0.2, 0.25) is 0 Å². The third-order valence-corrected chi connectivity index (χ3v) is 2.96. The van der Waals surface area contributed by atoms with Crippen LogP contribution in [0.2, 0.25) is 0 Å². The fourth-order valence-corrected chi connectivity index (χ4v) is 2.02. The normalized spacial score (nSPS) is 17.6. The lowest BCUT2D eigenvalue weighted by atomic mass is 10.4. The van der Waals surface area contributed by atoms with E-state index in [2.05, 4.69) is 15.1 Å². The van der Waals surface area contributed by atoms with E-state index >= 15 is 0 Å². The summed E-state index contributed by atoms with van der Waals surface area (Å²) in [5.41, 5.74) is 7.33. The molecule has 0 aliphatic carbocycles. The number of nitrogens with two attached hydrogens (primary N) is 1. The van der Waals surface area contributed by atoms with Gasteiger partial charge in [0, 0.05) is 25.0 Å². The van der Waals surface area contributed by atoms with Gasteiger partial charge in [0.1, 0.15) is 0 Å². The highest BCUT2D eigenvalue weighted by Crippen LogP contribution is 2.10. The van der Waals surface area contributed by atoms with Crippen molar-refractivity contribution in [1.29, 1.82) is 0 Å². The van der Waals surface area contributed by atoms with Crippen LogP contribution in [0.5, 0.6) is 0 Å². The van der Waals surface area contributed by atoms with Crippen LogP contribution >= 0.6 is 0 Å². The maximum atomic E-state index is 5.78. The molecule has 0 amide bonds. The molecule has 0 bridgehead atoms. The highest BCUT2D eigenvalue weighted by molar-refractivity contribution is 5.47. The largest absolute Gasteiger partial charge is 0.398 e. The van der Waals surface area contributed by atoms with Crippen LogP contribution in [0.15, 0.2) is 18.3 Å². The Morgan fingerprint density at radius 1 is 1.24 bits per heavy atom. The summed E-state index contributed by atoms with van der Waals surface area (Å²) in [6.07, 6.45) is 1.87. The third-order valence-electron chi connectivity index (χ3n) is 2.96. The molecule has 0 radical (unpaired) electrons. The third kappa shape index (κ3) is 2.09. The molecule has 17 heavy (non-hydrogen) atoms. The van der Waals surface area contributed by atoms with Gasteiger partial charge in [-0.3, -0.25) is 9.30 Å². The van der Waals surface area contributed by atoms with E-state index in [-0.39, 0.29) is 0 Å². The first kappa shape index (κ1) is 10.5. The summed E-state index contributed by atoms with van der Waals surface area (Å²) < 4.78 is 7.27. The Balaban J connectivity index is 1.86. The van der Waals surface area contributed by atoms with Crippen molar-refractivity contribution >= 4 is 11.3 Å². The SMILES string of the molecule is Nc1ccc2nnc(CN3CCOCC3)n2c1. The van der Waals surface area contributed by atoms with Gasteiger partial charge in [0.05, 0.1) is 19.8 Å². The molecule has 3 rings (SSSR count). The summed E-state index contributed by atoms with van der Waals surface area (Å²) in [6, 6.07) is 3.72. The van der Waals surface area contributed by atoms with Gasteiger partial charge in [0.15, 0.2) is 11.5 Å². The molecular formula is C11H15N5O. The molecule has 90 valence electrons. The van der Waals surface area contributed by atoms with Crippen LogP contribution in [0.1, 0.15) is 5.82 Å². The van der Waals surface area contributed by atoms with Crippen molar-refractivity contribution in [3.63, 3.8) is 0 Å². The number of aromatic nitrogens is 3. The average Bonchev–Trinajstić information content (AvgIpc) is 2.73. The van der Waals surface area contributed by atoms with E-state index in [0.717, 1.165) is 50.0 Å². The van der Waals surface area contributed by atoms with Gasteiger partial charge in [-0.05, 0) is 12.1 Å². The molecule has 6 heteroatoms. The van der Waals surface area contributed by atoms with Crippen molar-refractivity contribution in [2.45, 2.75) is 6.54 Å². The molecule has 1 saturated heterocycles. The first-order chi connectivity index (χ1) is 8.33. The summed E-state index contributed by atoms with van der Waals surface area (Å²) in [5, 5.41) is 8.33. The van der Waals surface area contributed by atoms with Gasteiger partial charge in [-0.15, -0.1) is 10.2 Å². The van der Waals surface area contributed by atoms with Gasteiger partial charge in [-0.25, -0.2) is 0 Å². The summed E-state index contributed by atoms with van der Waals surface area (Å²) in [6.45, 7) is 4.25. The zero-order chi connectivity index (χ0) is 11.7. The Bertz CT molecular complexity index is 518. The van der Waals surface area contributed by atoms with Gasteiger partial charge in [0.25, 0.3) is 0 Å². The number of anilines is 1. The van der Waals surface area contributed by atoms with E-state index < -0.39 is 0 Å². The number of morpholine rings is 1. The molecule has 6 nitrogen and oxygen atoms in total. The molecular weight excluding hydrogens is 218 g/mol. The Hall–Kier alpha value is -1.66. The molecule has 2 aromatic heterocycles. The van der Waals surface area contributed by atoms with Crippen molar-refractivity contribution < 1.29 is 4.74 Å². The van der Waals surface area contributed by atoms with Crippen molar-refractivity contribution in [3.05, 3.63) is 24.2 Å². The van der Waals surface area contributed by atoms with E-state index in [4.69, 9.17) is 10.5 Å². The predicted molar refractivity (Wildman–Crippen MR) is 63.5 cm³/mol. The zero-order valence-corrected chi connectivity index (χ0v) is 9.54. The summed E-state index contributed by atoms with van der Waals surface area (Å²) in [7, 11) is 0. The molecule has 0 unspecified atom stereocenters. The number of ether oxygens (including phenoxy) is 1. The smallest absolute Gasteiger partial charge is 0.160 e. The minimum atomic E-state index is 0.723. The van der Waals surface area contributed by atoms with Crippen LogP contribution in [0, 0.1) is 0 Å². The molecule has 0 spiro atoms. The molecule has 3 heterocycles. The summed E-state index contributed by atoms with van der Waals surface area (Å²) >= 11 is 0. The van der Waals surface area contributed by atoms with Crippen LogP contribution in [-0.2, 0) is 11.3 Å². The van der Waals surface area contributed by atoms with Crippen LogP contribution in [0.3, 0.4) is 0 Å². The van der Waals surface area contributed by atoms with Crippen LogP contribution in [0.4, 0.5) is 5.69 Å². The van der Waals surface area contributed by atoms with Gasteiger partial charge >= 0.3 is 0 Å². The highest BCUT2D eigenvalue weighted by atomic mass is 16.5. The number of nitrogen functional groups attached to an aromatic ring is 1. The first-order valence-electron chi connectivity index (χ1n) is 5.72. The Morgan fingerprint density at radius 2 is 2.06 bits per heavy atom. The van der Waals surface area contributed by atoms with E-state index in [9.17, 15) is 0 Å². The molecule has 1 fully saturated rings. The monoisotopic (exact) mass is 233 g/mol. The number of nitrogens with zero attached hydrogens (tertiary/aromatic N) is 4. The number of fused-ring (bicyclic) bond motifs is 1.